The van der Waals surface area contributed by atoms with Crippen LogP contribution < -0.4 is 4.72 Å². The molecule has 0 saturated carbocycles. The molecule has 1 fully saturated rings. The molecule has 1 atom stereocenters. The Labute approximate surface area is 115 Å². The fourth-order valence-corrected chi connectivity index (χ4v) is 3.38. The molecular weight excluding hydrogens is 268 g/mol. The molecule has 0 spiro atoms. The van der Waals surface area contributed by atoms with Crippen molar-refractivity contribution in [3.05, 3.63) is 0 Å². The summed E-state index contributed by atoms with van der Waals surface area (Å²) < 4.78 is 28.0. The van der Waals surface area contributed by atoms with Gasteiger partial charge in [0.05, 0.1) is 5.92 Å². The quantitative estimate of drug-likeness (QED) is 0.762. The molecule has 0 aromatic rings. The minimum Gasteiger partial charge on any atom is -0.481 e. The molecule has 1 aliphatic rings. The van der Waals surface area contributed by atoms with Gasteiger partial charge >= 0.3 is 5.97 Å². The summed E-state index contributed by atoms with van der Waals surface area (Å²) in [6.45, 7) is 6.62. The number of carbonyl (C=O) groups is 1. The van der Waals surface area contributed by atoms with Gasteiger partial charge in [0, 0.05) is 19.6 Å². The first kappa shape index (κ1) is 16.4. The molecule has 0 aromatic heterocycles. The third kappa shape index (κ3) is 4.74. The molecule has 0 aromatic carbocycles. The number of hydrogen-bond acceptors (Lipinski definition) is 3. The summed E-state index contributed by atoms with van der Waals surface area (Å²) >= 11 is 0. The number of rotatable bonds is 6. The van der Waals surface area contributed by atoms with Gasteiger partial charge in [-0.15, -0.1) is 0 Å². The Balaban J connectivity index is 2.57. The molecule has 1 unspecified atom stereocenters. The number of nitrogens with zero attached hydrogens (tertiary/aromatic N) is 1. The number of hydrogen-bond donors (Lipinski definition) is 2. The predicted molar refractivity (Wildman–Crippen MR) is 72.9 cm³/mol. The Kier molecular flexibility index (Phi) is 5.76. The van der Waals surface area contributed by atoms with Crippen LogP contribution in [0.4, 0.5) is 0 Å². The summed E-state index contributed by atoms with van der Waals surface area (Å²) in [7, 11) is -3.55. The van der Waals surface area contributed by atoms with Gasteiger partial charge in [-0.25, -0.2) is 4.72 Å². The molecule has 0 aliphatic carbocycles. The molecule has 7 heteroatoms. The van der Waals surface area contributed by atoms with Crippen molar-refractivity contribution in [1.29, 1.82) is 0 Å². The summed E-state index contributed by atoms with van der Waals surface area (Å²) in [6.07, 6.45) is 1.71. The Morgan fingerprint density at radius 2 is 1.89 bits per heavy atom. The van der Waals surface area contributed by atoms with Crippen molar-refractivity contribution in [2.24, 2.45) is 17.8 Å². The predicted octanol–water partition coefficient (Wildman–Crippen LogP) is 0.909. The van der Waals surface area contributed by atoms with Crippen molar-refractivity contribution in [2.45, 2.75) is 33.6 Å². The zero-order chi connectivity index (χ0) is 14.6. The number of piperidine rings is 1. The Bertz CT molecular complexity index is 400. The van der Waals surface area contributed by atoms with Crippen LogP contribution in [0.15, 0.2) is 0 Å². The normalized spacial score (nSPS) is 20.6. The SMILES string of the molecule is CC1CCN(S(=O)(=O)NCC(C(=O)O)C(C)C)CC1. The minimum atomic E-state index is -3.55. The van der Waals surface area contributed by atoms with Crippen LogP contribution >= 0.6 is 0 Å². The summed E-state index contributed by atoms with van der Waals surface area (Å²) in [5, 5.41) is 9.04. The van der Waals surface area contributed by atoms with E-state index in [0.717, 1.165) is 12.8 Å². The topological polar surface area (TPSA) is 86.7 Å². The summed E-state index contributed by atoms with van der Waals surface area (Å²) in [4.78, 5) is 11.0. The van der Waals surface area contributed by atoms with Crippen molar-refractivity contribution in [2.75, 3.05) is 19.6 Å². The Morgan fingerprint density at radius 3 is 2.32 bits per heavy atom. The van der Waals surface area contributed by atoms with Gasteiger partial charge in [0.25, 0.3) is 10.2 Å². The molecule has 112 valence electrons. The molecule has 1 saturated heterocycles. The van der Waals surface area contributed by atoms with Gasteiger partial charge in [-0.2, -0.15) is 12.7 Å². The van der Waals surface area contributed by atoms with Crippen LogP contribution in [-0.2, 0) is 15.0 Å². The molecule has 0 radical (unpaired) electrons. The first-order chi connectivity index (χ1) is 8.74. The second-order valence-corrected chi connectivity index (χ2v) is 7.38. The van der Waals surface area contributed by atoms with Crippen molar-refractivity contribution in [1.82, 2.24) is 9.03 Å². The van der Waals surface area contributed by atoms with E-state index in [1.807, 2.05) is 0 Å². The highest BCUT2D eigenvalue weighted by molar-refractivity contribution is 7.87. The van der Waals surface area contributed by atoms with Crippen LogP contribution in [0.25, 0.3) is 0 Å². The summed E-state index contributed by atoms with van der Waals surface area (Å²) in [5.74, 6) is -1.22. The van der Waals surface area contributed by atoms with Crippen LogP contribution in [0, 0.1) is 17.8 Å². The van der Waals surface area contributed by atoms with Gasteiger partial charge < -0.3 is 5.11 Å². The van der Waals surface area contributed by atoms with E-state index in [0.29, 0.717) is 19.0 Å². The van der Waals surface area contributed by atoms with Gasteiger partial charge in [0.2, 0.25) is 0 Å². The van der Waals surface area contributed by atoms with Crippen LogP contribution in [0.5, 0.6) is 0 Å². The zero-order valence-corrected chi connectivity index (χ0v) is 12.6. The lowest BCUT2D eigenvalue weighted by molar-refractivity contribution is -0.142. The van der Waals surface area contributed by atoms with E-state index in [4.69, 9.17) is 5.11 Å². The van der Waals surface area contributed by atoms with Gasteiger partial charge in [0.1, 0.15) is 0 Å². The molecule has 19 heavy (non-hydrogen) atoms. The molecule has 1 aliphatic heterocycles. The highest BCUT2D eigenvalue weighted by Gasteiger charge is 2.29. The molecular formula is C12H24N2O4S. The minimum absolute atomic E-state index is 0.0542. The van der Waals surface area contributed by atoms with Crippen LogP contribution in [0.2, 0.25) is 0 Å². The Morgan fingerprint density at radius 1 is 1.37 bits per heavy atom. The maximum absolute atomic E-state index is 12.1. The second-order valence-electron chi connectivity index (χ2n) is 5.62. The smallest absolute Gasteiger partial charge is 0.308 e. The first-order valence-electron chi connectivity index (χ1n) is 6.71. The van der Waals surface area contributed by atoms with E-state index < -0.39 is 22.1 Å². The monoisotopic (exact) mass is 292 g/mol. The van der Waals surface area contributed by atoms with Crippen LogP contribution in [0.3, 0.4) is 0 Å². The van der Waals surface area contributed by atoms with E-state index in [1.165, 1.54) is 4.31 Å². The number of nitrogens with one attached hydrogen (secondary N) is 1. The molecule has 1 rings (SSSR count). The van der Waals surface area contributed by atoms with Gasteiger partial charge in [-0.3, -0.25) is 4.79 Å². The molecule has 2 N–H and O–H groups in total. The lowest BCUT2D eigenvalue weighted by Gasteiger charge is -2.30. The molecule has 1 heterocycles. The standard InChI is InChI=1S/C12H24N2O4S/c1-9(2)11(12(15)16)8-13-19(17,18)14-6-4-10(3)5-7-14/h9-11,13H,4-8H2,1-3H3,(H,15,16). The van der Waals surface area contributed by atoms with Crippen LogP contribution in [-0.4, -0.2) is 43.4 Å². The van der Waals surface area contributed by atoms with Crippen LogP contribution in [0.1, 0.15) is 33.6 Å². The largest absolute Gasteiger partial charge is 0.481 e. The zero-order valence-electron chi connectivity index (χ0n) is 11.8. The Hall–Kier alpha value is -0.660. The van der Waals surface area contributed by atoms with E-state index in [2.05, 4.69) is 11.6 Å². The summed E-state index contributed by atoms with van der Waals surface area (Å²) in [5.41, 5.74) is 0. The van der Waals surface area contributed by atoms with Gasteiger partial charge in [0.15, 0.2) is 0 Å². The fourth-order valence-electron chi connectivity index (χ4n) is 2.12. The highest BCUT2D eigenvalue weighted by atomic mass is 32.2. The highest BCUT2D eigenvalue weighted by Crippen LogP contribution is 2.18. The van der Waals surface area contributed by atoms with Gasteiger partial charge in [-0.05, 0) is 24.7 Å². The molecule has 6 nitrogen and oxygen atoms in total. The second kappa shape index (κ2) is 6.67. The lowest BCUT2D eigenvalue weighted by Crippen LogP contribution is -2.47. The lowest BCUT2D eigenvalue weighted by atomic mass is 9.97. The van der Waals surface area contributed by atoms with E-state index in [1.54, 1.807) is 13.8 Å². The average Bonchev–Trinajstić information content (AvgIpc) is 2.28. The maximum Gasteiger partial charge on any atom is 0.308 e. The van der Waals surface area contributed by atoms with E-state index in [9.17, 15) is 13.2 Å². The van der Waals surface area contributed by atoms with Crippen molar-refractivity contribution < 1.29 is 18.3 Å². The first-order valence-corrected chi connectivity index (χ1v) is 8.15. The van der Waals surface area contributed by atoms with Crippen molar-refractivity contribution >= 4 is 16.2 Å². The molecule has 0 bridgehead atoms. The molecule has 0 amide bonds. The number of aliphatic carboxylic acids is 1. The number of carboxylic acids is 1. The van der Waals surface area contributed by atoms with E-state index >= 15 is 0 Å². The maximum atomic E-state index is 12.1. The third-order valence-electron chi connectivity index (χ3n) is 3.69. The van der Waals surface area contributed by atoms with Crippen molar-refractivity contribution in [3.8, 4) is 0 Å². The van der Waals surface area contributed by atoms with Gasteiger partial charge in [-0.1, -0.05) is 20.8 Å². The van der Waals surface area contributed by atoms with E-state index in [-0.39, 0.29) is 12.5 Å². The fraction of sp³-hybridized carbons (Fsp3) is 0.917. The third-order valence-corrected chi connectivity index (χ3v) is 5.27. The number of carboxylic acid groups (broad SMARTS) is 1. The van der Waals surface area contributed by atoms with Crippen molar-refractivity contribution in [3.63, 3.8) is 0 Å². The summed E-state index contributed by atoms with van der Waals surface area (Å²) in [6, 6.07) is 0. The average molecular weight is 292 g/mol.